The Morgan fingerprint density at radius 2 is 1.85 bits per heavy atom. The van der Waals surface area contributed by atoms with E-state index in [0.29, 0.717) is 11.6 Å². The predicted octanol–water partition coefficient (Wildman–Crippen LogP) is 2.45. The van der Waals surface area contributed by atoms with E-state index >= 15 is 0 Å². The lowest BCUT2D eigenvalue weighted by atomic mass is 9.53. The maximum Gasteiger partial charge on any atom is 0.275 e. The number of amides is 1. The van der Waals surface area contributed by atoms with Crippen molar-refractivity contribution in [2.45, 2.75) is 50.6 Å². The molecule has 1 amide bonds. The lowest BCUT2D eigenvalue weighted by Gasteiger charge is -2.56. The third kappa shape index (κ3) is 3.72. The number of likely N-dealkylation sites (N-methyl/N-ethyl adjacent to an activating group) is 1. The molecule has 4 fully saturated rings. The van der Waals surface area contributed by atoms with Gasteiger partial charge in [0.15, 0.2) is 6.54 Å². The Bertz CT molecular complexity index is 655. The number of ether oxygens (including phenoxy) is 1. The molecule has 0 heterocycles. The van der Waals surface area contributed by atoms with Crippen molar-refractivity contribution in [2.75, 3.05) is 20.7 Å². The Kier molecular flexibility index (Phi) is 4.91. The number of carbonyl (C=O) groups is 1. The fraction of sp³-hybridized carbons (Fsp3) is 0.667. The Labute approximate surface area is 161 Å². The number of hydrogen-bond acceptors (Lipinski definition) is 2. The molecule has 4 aliphatic carbocycles. The third-order valence-electron chi connectivity index (χ3n) is 6.64. The van der Waals surface area contributed by atoms with E-state index in [2.05, 4.69) is 12.4 Å². The summed E-state index contributed by atoms with van der Waals surface area (Å²) in [6.45, 7) is 1.20. The van der Waals surface area contributed by atoms with Crippen molar-refractivity contribution in [3.05, 3.63) is 28.8 Å². The number of methoxy groups -OCH3 is 1. The van der Waals surface area contributed by atoms with Gasteiger partial charge in [-0.2, -0.15) is 0 Å². The summed E-state index contributed by atoms with van der Waals surface area (Å²) in [7, 11) is 3.72. The zero-order chi connectivity index (χ0) is 18.3. The largest absolute Gasteiger partial charge is 0.496 e. The number of nitrogens with one attached hydrogen (secondary N) is 2. The third-order valence-corrected chi connectivity index (χ3v) is 6.87. The van der Waals surface area contributed by atoms with Crippen molar-refractivity contribution < 1.29 is 14.4 Å². The summed E-state index contributed by atoms with van der Waals surface area (Å²) in [6.07, 6.45) is 7.79. The Morgan fingerprint density at radius 1 is 1.23 bits per heavy atom. The van der Waals surface area contributed by atoms with E-state index in [1.807, 2.05) is 18.2 Å². The van der Waals surface area contributed by atoms with Gasteiger partial charge in [-0.3, -0.25) is 4.79 Å². The van der Waals surface area contributed by atoms with Crippen LogP contribution in [0, 0.1) is 17.8 Å². The van der Waals surface area contributed by atoms with Gasteiger partial charge in [-0.05, 0) is 74.5 Å². The molecule has 4 nitrogen and oxygen atoms in total. The van der Waals surface area contributed by atoms with Gasteiger partial charge < -0.3 is 15.0 Å². The quantitative estimate of drug-likeness (QED) is 0.799. The maximum absolute atomic E-state index is 12.8. The van der Waals surface area contributed by atoms with E-state index in [0.717, 1.165) is 40.5 Å². The molecule has 142 valence electrons. The molecule has 5 heteroatoms. The minimum absolute atomic E-state index is 0.0971. The van der Waals surface area contributed by atoms with Crippen molar-refractivity contribution in [3.8, 4) is 5.75 Å². The number of quaternary nitrogens is 1. The second-order valence-corrected chi connectivity index (χ2v) is 9.45. The van der Waals surface area contributed by atoms with Gasteiger partial charge in [0.25, 0.3) is 5.91 Å². The molecular formula is C21H30ClN2O2+. The average Bonchev–Trinajstić information content (AvgIpc) is 2.52. The zero-order valence-corrected chi connectivity index (χ0v) is 16.6. The van der Waals surface area contributed by atoms with Crippen LogP contribution >= 0.6 is 11.6 Å². The number of carbonyl (C=O) groups excluding carboxylic acids is 1. The highest BCUT2D eigenvalue weighted by molar-refractivity contribution is 6.30. The summed E-state index contributed by atoms with van der Waals surface area (Å²) in [4.78, 5) is 13.9. The summed E-state index contributed by atoms with van der Waals surface area (Å²) < 4.78 is 5.42. The highest BCUT2D eigenvalue weighted by atomic mass is 35.5. The summed E-state index contributed by atoms with van der Waals surface area (Å²) in [6, 6.07) is 5.65. The fourth-order valence-electron chi connectivity index (χ4n) is 6.15. The van der Waals surface area contributed by atoms with Gasteiger partial charge in [-0.15, -0.1) is 0 Å². The summed E-state index contributed by atoms with van der Waals surface area (Å²) >= 11 is 6.12. The van der Waals surface area contributed by atoms with E-state index in [9.17, 15) is 4.79 Å². The molecule has 0 aliphatic heterocycles. The molecule has 0 spiro atoms. The van der Waals surface area contributed by atoms with Crippen LogP contribution in [0.5, 0.6) is 5.75 Å². The monoisotopic (exact) mass is 377 g/mol. The Hall–Kier alpha value is -1.26. The first kappa shape index (κ1) is 18.1. The van der Waals surface area contributed by atoms with Crippen LogP contribution in [0.25, 0.3) is 0 Å². The van der Waals surface area contributed by atoms with E-state index in [-0.39, 0.29) is 11.4 Å². The highest BCUT2D eigenvalue weighted by Crippen LogP contribution is 2.55. The maximum atomic E-state index is 12.8. The smallest absolute Gasteiger partial charge is 0.275 e. The number of hydrogen-bond donors (Lipinski definition) is 2. The molecular weight excluding hydrogens is 348 g/mol. The van der Waals surface area contributed by atoms with Crippen molar-refractivity contribution in [2.24, 2.45) is 17.8 Å². The molecule has 2 N–H and O–H groups in total. The molecule has 0 aromatic heterocycles. The van der Waals surface area contributed by atoms with Gasteiger partial charge in [0.05, 0.1) is 14.2 Å². The van der Waals surface area contributed by atoms with Crippen molar-refractivity contribution >= 4 is 17.5 Å². The van der Waals surface area contributed by atoms with Gasteiger partial charge in [-0.1, -0.05) is 11.6 Å². The zero-order valence-electron chi connectivity index (χ0n) is 15.8. The first-order valence-electron chi connectivity index (χ1n) is 9.89. The van der Waals surface area contributed by atoms with Crippen LogP contribution in [0.2, 0.25) is 5.02 Å². The van der Waals surface area contributed by atoms with E-state index in [1.54, 1.807) is 7.11 Å². The second-order valence-electron chi connectivity index (χ2n) is 9.01. The SMILES string of the molecule is COc1ccc(Cl)cc1C[NH+](C)CC(=O)NC12CC3CC(CC(C3)C1)C2. The number of rotatable bonds is 6. The van der Waals surface area contributed by atoms with Gasteiger partial charge >= 0.3 is 0 Å². The van der Waals surface area contributed by atoms with Crippen LogP contribution in [0.4, 0.5) is 0 Å². The lowest BCUT2D eigenvalue weighted by molar-refractivity contribution is -0.885. The molecule has 1 atom stereocenters. The van der Waals surface area contributed by atoms with Gasteiger partial charge in [-0.25, -0.2) is 0 Å². The average molecular weight is 378 g/mol. The van der Waals surface area contributed by atoms with Crippen molar-refractivity contribution in [1.82, 2.24) is 5.32 Å². The standard InChI is InChI=1S/C21H29ClN2O2/c1-24(12-17-8-18(22)3-4-19(17)26-2)13-20(25)23-21-9-14-5-15(10-21)7-16(6-14)11-21/h3-4,8,14-16H,5-7,9-13H2,1-2H3,(H,23,25)/p+1. The van der Waals surface area contributed by atoms with Gasteiger partial charge in [0.1, 0.15) is 12.3 Å². The first-order chi connectivity index (χ1) is 12.4. The summed E-state index contributed by atoms with van der Waals surface area (Å²) in [5, 5.41) is 4.16. The molecule has 1 aromatic carbocycles. The normalized spacial score (nSPS) is 33.1. The molecule has 4 bridgehead atoms. The minimum Gasteiger partial charge on any atom is -0.496 e. The predicted molar refractivity (Wildman–Crippen MR) is 103 cm³/mol. The second kappa shape index (κ2) is 7.05. The molecule has 4 aliphatic rings. The van der Waals surface area contributed by atoms with Crippen LogP contribution in [0.3, 0.4) is 0 Å². The van der Waals surface area contributed by atoms with Crippen LogP contribution in [-0.4, -0.2) is 32.1 Å². The topological polar surface area (TPSA) is 42.8 Å². The fourth-order valence-corrected chi connectivity index (χ4v) is 6.35. The van der Waals surface area contributed by atoms with E-state index in [4.69, 9.17) is 16.3 Å². The molecule has 1 unspecified atom stereocenters. The van der Waals surface area contributed by atoms with E-state index < -0.39 is 0 Å². The molecule has 4 saturated carbocycles. The molecule has 26 heavy (non-hydrogen) atoms. The van der Waals surface area contributed by atoms with E-state index in [1.165, 1.54) is 38.5 Å². The number of halogens is 1. The van der Waals surface area contributed by atoms with Crippen molar-refractivity contribution in [1.29, 1.82) is 0 Å². The van der Waals surface area contributed by atoms with Crippen LogP contribution < -0.4 is 15.0 Å². The molecule has 5 rings (SSSR count). The minimum atomic E-state index is 0.0971. The van der Waals surface area contributed by atoms with Crippen LogP contribution in [-0.2, 0) is 11.3 Å². The van der Waals surface area contributed by atoms with Gasteiger partial charge in [0.2, 0.25) is 0 Å². The summed E-state index contributed by atoms with van der Waals surface area (Å²) in [5.41, 5.74) is 1.14. The van der Waals surface area contributed by atoms with Crippen LogP contribution in [0.15, 0.2) is 18.2 Å². The lowest BCUT2D eigenvalue weighted by Crippen LogP contribution is -3.09. The summed E-state index contributed by atoms with van der Waals surface area (Å²) in [5.74, 6) is 3.56. The number of benzene rings is 1. The molecule has 1 aromatic rings. The van der Waals surface area contributed by atoms with Crippen LogP contribution in [0.1, 0.15) is 44.1 Å². The van der Waals surface area contributed by atoms with Gasteiger partial charge in [0, 0.05) is 16.1 Å². The Morgan fingerprint density at radius 3 is 2.42 bits per heavy atom. The first-order valence-corrected chi connectivity index (χ1v) is 10.3. The molecule has 0 radical (unpaired) electrons. The van der Waals surface area contributed by atoms with Crippen molar-refractivity contribution in [3.63, 3.8) is 0 Å². The molecule has 0 saturated heterocycles. The highest BCUT2D eigenvalue weighted by Gasteiger charge is 2.51. The Balaban J connectivity index is 1.36.